The van der Waals surface area contributed by atoms with E-state index >= 15 is 0 Å². The molecule has 0 aliphatic rings. The minimum atomic E-state index is -3.51. The highest BCUT2D eigenvalue weighted by Crippen LogP contribution is 2.20. The first-order chi connectivity index (χ1) is 10.4. The lowest BCUT2D eigenvalue weighted by atomic mass is 10.3. The Bertz CT molecular complexity index is 782. The summed E-state index contributed by atoms with van der Waals surface area (Å²) in [5, 5.41) is 5.60. The first-order valence-electron chi connectivity index (χ1n) is 6.34. The third-order valence-corrected chi connectivity index (χ3v) is 5.38. The van der Waals surface area contributed by atoms with E-state index in [1.165, 1.54) is 28.8 Å². The summed E-state index contributed by atoms with van der Waals surface area (Å²) >= 11 is 1.22. The number of anilines is 1. The van der Waals surface area contributed by atoms with Gasteiger partial charge in [0.1, 0.15) is 0 Å². The molecule has 0 unspecified atom stereocenters. The maximum atomic E-state index is 12.1. The van der Waals surface area contributed by atoms with Crippen LogP contribution in [-0.4, -0.2) is 26.0 Å². The number of thiophene rings is 1. The van der Waals surface area contributed by atoms with Crippen molar-refractivity contribution >= 4 is 38.7 Å². The Hall–Kier alpha value is -2.19. The SMILES string of the molecule is NC(=O)c1cscc1NC(=O)CCS(=O)(=O)c1ccccc1. The maximum Gasteiger partial charge on any atom is 0.251 e. The fourth-order valence-corrected chi connectivity index (χ4v) is 3.80. The third kappa shape index (κ3) is 3.92. The van der Waals surface area contributed by atoms with E-state index in [-0.39, 0.29) is 22.6 Å². The van der Waals surface area contributed by atoms with E-state index in [2.05, 4.69) is 5.32 Å². The molecule has 0 atom stereocenters. The Kier molecular flexibility index (Phi) is 4.94. The highest BCUT2D eigenvalue weighted by Gasteiger charge is 2.17. The zero-order chi connectivity index (χ0) is 16.2. The molecule has 0 fully saturated rings. The van der Waals surface area contributed by atoms with Crippen LogP contribution >= 0.6 is 11.3 Å². The lowest BCUT2D eigenvalue weighted by molar-refractivity contribution is -0.115. The molecule has 8 heteroatoms. The molecule has 0 bridgehead atoms. The molecule has 1 aromatic carbocycles. The number of amides is 2. The zero-order valence-corrected chi connectivity index (χ0v) is 13.1. The van der Waals surface area contributed by atoms with Crippen molar-refractivity contribution in [3.8, 4) is 0 Å². The predicted octanol–water partition coefficient (Wildman–Crippen LogP) is 1.65. The van der Waals surface area contributed by atoms with E-state index in [1.807, 2.05) is 0 Å². The van der Waals surface area contributed by atoms with Gasteiger partial charge in [-0.3, -0.25) is 9.59 Å². The molecule has 0 saturated heterocycles. The lowest BCUT2D eigenvalue weighted by Crippen LogP contribution is -2.19. The van der Waals surface area contributed by atoms with E-state index in [4.69, 9.17) is 5.73 Å². The first kappa shape index (κ1) is 16.2. The van der Waals surface area contributed by atoms with Crippen LogP contribution in [0.15, 0.2) is 46.0 Å². The number of hydrogen-bond acceptors (Lipinski definition) is 5. The molecule has 0 aliphatic heterocycles. The lowest BCUT2D eigenvalue weighted by Gasteiger charge is -2.06. The minimum absolute atomic E-state index is 0.177. The van der Waals surface area contributed by atoms with Gasteiger partial charge in [-0.25, -0.2) is 8.42 Å². The maximum absolute atomic E-state index is 12.1. The molecule has 0 spiro atoms. The van der Waals surface area contributed by atoms with E-state index < -0.39 is 21.7 Å². The van der Waals surface area contributed by atoms with Gasteiger partial charge in [0.05, 0.1) is 21.9 Å². The number of nitrogens with two attached hydrogens (primary N) is 1. The summed E-state index contributed by atoms with van der Waals surface area (Å²) in [5.41, 5.74) is 5.69. The minimum Gasteiger partial charge on any atom is -0.366 e. The second-order valence-electron chi connectivity index (χ2n) is 4.49. The summed E-state index contributed by atoms with van der Waals surface area (Å²) in [7, 11) is -3.51. The van der Waals surface area contributed by atoms with Gasteiger partial charge in [-0.15, -0.1) is 11.3 Å². The van der Waals surface area contributed by atoms with Gasteiger partial charge in [0, 0.05) is 17.2 Å². The second-order valence-corrected chi connectivity index (χ2v) is 7.35. The van der Waals surface area contributed by atoms with Crippen LogP contribution < -0.4 is 11.1 Å². The number of primary amides is 1. The van der Waals surface area contributed by atoms with Gasteiger partial charge in [-0.1, -0.05) is 18.2 Å². The van der Waals surface area contributed by atoms with Crippen molar-refractivity contribution in [2.75, 3.05) is 11.1 Å². The molecule has 116 valence electrons. The monoisotopic (exact) mass is 338 g/mol. The normalized spacial score (nSPS) is 11.1. The highest BCUT2D eigenvalue weighted by molar-refractivity contribution is 7.91. The van der Waals surface area contributed by atoms with Crippen LogP contribution in [0.1, 0.15) is 16.8 Å². The topological polar surface area (TPSA) is 106 Å². The van der Waals surface area contributed by atoms with Crippen LogP contribution in [0.4, 0.5) is 5.69 Å². The molecule has 0 radical (unpaired) electrons. The van der Waals surface area contributed by atoms with Crippen molar-refractivity contribution in [3.63, 3.8) is 0 Å². The summed E-state index contributed by atoms with van der Waals surface area (Å²) in [6.45, 7) is 0. The molecule has 2 rings (SSSR count). The van der Waals surface area contributed by atoms with E-state index in [9.17, 15) is 18.0 Å². The Morgan fingerprint density at radius 3 is 2.45 bits per heavy atom. The number of hydrogen-bond donors (Lipinski definition) is 2. The summed E-state index contributed by atoms with van der Waals surface area (Å²) in [4.78, 5) is 23.2. The third-order valence-electron chi connectivity index (χ3n) is 2.90. The van der Waals surface area contributed by atoms with Crippen molar-refractivity contribution in [1.29, 1.82) is 0 Å². The van der Waals surface area contributed by atoms with Crippen molar-refractivity contribution in [3.05, 3.63) is 46.7 Å². The van der Waals surface area contributed by atoms with Crippen molar-refractivity contribution in [2.45, 2.75) is 11.3 Å². The van der Waals surface area contributed by atoms with Crippen LogP contribution in [0.3, 0.4) is 0 Å². The Morgan fingerprint density at radius 2 is 1.82 bits per heavy atom. The Balaban J connectivity index is 1.99. The molecule has 2 amide bonds. The van der Waals surface area contributed by atoms with Crippen LogP contribution in [0.25, 0.3) is 0 Å². The van der Waals surface area contributed by atoms with Crippen molar-refractivity contribution in [1.82, 2.24) is 0 Å². The molecule has 0 saturated carbocycles. The molecule has 1 aromatic heterocycles. The quantitative estimate of drug-likeness (QED) is 0.835. The van der Waals surface area contributed by atoms with Gasteiger partial charge in [-0.2, -0.15) is 0 Å². The summed E-state index contributed by atoms with van der Waals surface area (Å²) < 4.78 is 24.1. The summed E-state index contributed by atoms with van der Waals surface area (Å²) in [6, 6.07) is 7.93. The Morgan fingerprint density at radius 1 is 1.14 bits per heavy atom. The fraction of sp³-hybridized carbons (Fsp3) is 0.143. The summed E-state index contributed by atoms with van der Waals surface area (Å²) in [5.74, 6) is -1.44. The first-order valence-corrected chi connectivity index (χ1v) is 8.93. The average molecular weight is 338 g/mol. The van der Waals surface area contributed by atoms with Gasteiger partial charge in [0.25, 0.3) is 5.91 Å². The molecule has 2 aromatic rings. The number of sulfone groups is 1. The van der Waals surface area contributed by atoms with Gasteiger partial charge in [0.15, 0.2) is 9.84 Å². The largest absolute Gasteiger partial charge is 0.366 e. The molecule has 6 nitrogen and oxygen atoms in total. The fourth-order valence-electron chi connectivity index (χ4n) is 1.77. The molecular formula is C14H14N2O4S2. The number of rotatable bonds is 6. The zero-order valence-electron chi connectivity index (χ0n) is 11.5. The number of benzene rings is 1. The molecule has 1 heterocycles. The second kappa shape index (κ2) is 6.71. The van der Waals surface area contributed by atoms with Crippen LogP contribution in [-0.2, 0) is 14.6 Å². The number of carbonyl (C=O) groups is 2. The predicted molar refractivity (Wildman–Crippen MR) is 84.6 cm³/mol. The summed E-state index contributed by atoms with van der Waals surface area (Å²) in [6.07, 6.45) is -0.203. The van der Waals surface area contributed by atoms with E-state index in [1.54, 1.807) is 23.6 Å². The molecule has 3 N–H and O–H groups in total. The van der Waals surface area contributed by atoms with Crippen LogP contribution in [0.5, 0.6) is 0 Å². The van der Waals surface area contributed by atoms with Gasteiger partial charge >= 0.3 is 0 Å². The van der Waals surface area contributed by atoms with Gasteiger partial charge in [0.2, 0.25) is 5.91 Å². The van der Waals surface area contributed by atoms with Crippen LogP contribution in [0.2, 0.25) is 0 Å². The average Bonchev–Trinajstić information content (AvgIpc) is 2.94. The van der Waals surface area contributed by atoms with Crippen LogP contribution in [0, 0.1) is 0 Å². The molecule has 22 heavy (non-hydrogen) atoms. The van der Waals surface area contributed by atoms with Crippen molar-refractivity contribution < 1.29 is 18.0 Å². The standard InChI is InChI=1S/C14H14N2O4S2/c15-14(18)11-8-21-9-12(11)16-13(17)6-7-22(19,20)10-4-2-1-3-5-10/h1-5,8-9H,6-7H2,(H2,15,18)(H,16,17). The smallest absolute Gasteiger partial charge is 0.251 e. The highest BCUT2D eigenvalue weighted by atomic mass is 32.2. The van der Waals surface area contributed by atoms with E-state index in [0.29, 0.717) is 5.69 Å². The van der Waals surface area contributed by atoms with E-state index in [0.717, 1.165) is 0 Å². The van der Waals surface area contributed by atoms with Gasteiger partial charge < -0.3 is 11.1 Å². The number of carbonyl (C=O) groups excluding carboxylic acids is 2. The molecule has 0 aliphatic carbocycles. The number of nitrogens with one attached hydrogen (secondary N) is 1. The van der Waals surface area contributed by atoms with Gasteiger partial charge in [-0.05, 0) is 12.1 Å². The Labute approximate surface area is 131 Å². The van der Waals surface area contributed by atoms with Crippen molar-refractivity contribution in [2.24, 2.45) is 5.73 Å². The molecular weight excluding hydrogens is 324 g/mol.